The summed E-state index contributed by atoms with van der Waals surface area (Å²) < 4.78 is 5.26. The summed E-state index contributed by atoms with van der Waals surface area (Å²) in [7, 11) is 1.61. The van der Waals surface area contributed by atoms with E-state index >= 15 is 0 Å². The Balaban J connectivity index is 1.42. The van der Waals surface area contributed by atoms with Crippen LogP contribution in [-0.2, 0) is 6.42 Å². The fraction of sp³-hybridized carbons (Fsp3) is 0.280. The van der Waals surface area contributed by atoms with E-state index in [9.17, 15) is 4.79 Å². The van der Waals surface area contributed by atoms with Crippen molar-refractivity contribution in [2.75, 3.05) is 20.2 Å². The lowest BCUT2D eigenvalue weighted by molar-refractivity contribution is 0.0705. The third-order valence-corrected chi connectivity index (χ3v) is 5.86. The van der Waals surface area contributed by atoms with Gasteiger partial charge in [0.15, 0.2) is 0 Å². The molecule has 1 saturated heterocycles. The zero-order valence-corrected chi connectivity index (χ0v) is 17.8. The van der Waals surface area contributed by atoms with E-state index in [1.165, 1.54) is 11.1 Å². The second kappa shape index (κ2) is 9.31. The third-order valence-electron chi connectivity index (χ3n) is 5.61. The zero-order chi connectivity index (χ0) is 20.9. The monoisotopic (exact) mass is 420 g/mol. The number of piperidine rings is 1. The zero-order valence-electron chi connectivity index (χ0n) is 17.1. The maximum absolute atomic E-state index is 13.0. The summed E-state index contributed by atoms with van der Waals surface area (Å²) in [6.45, 7) is 1.47. The summed E-state index contributed by atoms with van der Waals surface area (Å²) in [6.07, 6.45) is 4.81. The lowest BCUT2D eigenvalue weighted by Crippen LogP contribution is -2.39. The van der Waals surface area contributed by atoms with Crippen molar-refractivity contribution in [3.63, 3.8) is 0 Å². The number of aromatic nitrogens is 1. The number of methoxy groups -OCH3 is 1. The summed E-state index contributed by atoms with van der Waals surface area (Å²) in [6, 6.07) is 19.5. The summed E-state index contributed by atoms with van der Waals surface area (Å²) in [5.41, 5.74) is 4.10. The van der Waals surface area contributed by atoms with E-state index in [1.807, 2.05) is 53.6 Å². The van der Waals surface area contributed by atoms with Crippen molar-refractivity contribution < 1.29 is 9.53 Å². The highest BCUT2D eigenvalue weighted by Crippen LogP contribution is 2.27. The molecule has 1 aliphatic rings. The molecule has 1 amide bonds. The van der Waals surface area contributed by atoms with E-state index in [2.05, 4.69) is 12.1 Å². The van der Waals surface area contributed by atoms with Crippen LogP contribution in [-0.4, -0.2) is 36.0 Å². The highest BCUT2D eigenvalue weighted by Gasteiger charge is 2.26. The van der Waals surface area contributed by atoms with Crippen molar-refractivity contribution in [3.8, 4) is 5.75 Å². The van der Waals surface area contributed by atoms with E-state index in [4.69, 9.17) is 21.3 Å². The molecule has 0 radical (unpaired) electrons. The first kappa shape index (κ1) is 20.4. The average molecular weight is 421 g/mol. The molecule has 0 saturated carbocycles. The molecule has 154 valence electrons. The topological polar surface area (TPSA) is 42.4 Å². The molecule has 1 aromatic heterocycles. The van der Waals surface area contributed by atoms with Crippen LogP contribution in [0.1, 0.15) is 45.9 Å². The smallest absolute Gasteiger partial charge is 0.254 e. The number of nitrogens with zero attached hydrogens (tertiary/aromatic N) is 2. The van der Waals surface area contributed by atoms with Crippen molar-refractivity contribution in [2.24, 2.45) is 0 Å². The van der Waals surface area contributed by atoms with Crippen LogP contribution in [0.5, 0.6) is 5.75 Å². The molecular formula is C25H25ClN2O2. The summed E-state index contributed by atoms with van der Waals surface area (Å²) >= 11 is 5.96. The molecule has 0 bridgehead atoms. The molecule has 1 fully saturated rings. The van der Waals surface area contributed by atoms with Gasteiger partial charge in [0.25, 0.3) is 5.91 Å². The second-order valence-electron chi connectivity index (χ2n) is 7.72. The van der Waals surface area contributed by atoms with Gasteiger partial charge in [0.05, 0.1) is 7.11 Å². The predicted octanol–water partition coefficient (Wildman–Crippen LogP) is 5.35. The Morgan fingerprint density at radius 3 is 2.67 bits per heavy atom. The molecule has 1 atom stereocenters. The van der Waals surface area contributed by atoms with Gasteiger partial charge in [0.2, 0.25) is 0 Å². The number of halogens is 1. The number of likely N-dealkylation sites (tertiary alicyclic amines) is 1. The highest BCUT2D eigenvalue weighted by molar-refractivity contribution is 6.30. The van der Waals surface area contributed by atoms with Gasteiger partial charge in [-0.05, 0) is 66.8 Å². The molecule has 3 aromatic rings. The molecule has 4 nitrogen and oxygen atoms in total. The first-order valence-corrected chi connectivity index (χ1v) is 10.6. The van der Waals surface area contributed by atoms with Crippen LogP contribution in [0.3, 0.4) is 0 Å². The van der Waals surface area contributed by atoms with Crippen molar-refractivity contribution >= 4 is 17.5 Å². The number of hydrogen-bond acceptors (Lipinski definition) is 3. The van der Waals surface area contributed by atoms with E-state index in [0.29, 0.717) is 17.9 Å². The number of carbonyl (C=O) groups excluding carboxylic acids is 1. The lowest BCUT2D eigenvalue weighted by Gasteiger charge is -2.32. The van der Waals surface area contributed by atoms with Gasteiger partial charge in [-0.2, -0.15) is 0 Å². The Bertz CT molecular complexity index is 1000. The Morgan fingerprint density at radius 2 is 1.93 bits per heavy atom. The van der Waals surface area contributed by atoms with E-state index in [0.717, 1.165) is 36.5 Å². The van der Waals surface area contributed by atoms with Crippen LogP contribution in [0.2, 0.25) is 5.02 Å². The number of ether oxygens (including phenoxy) is 1. The van der Waals surface area contributed by atoms with Gasteiger partial charge >= 0.3 is 0 Å². The van der Waals surface area contributed by atoms with E-state index < -0.39 is 0 Å². The van der Waals surface area contributed by atoms with Crippen LogP contribution in [0.15, 0.2) is 66.9 Å². The quantitative estimate of drug-likeness (QED) is 0.558. The molecular weight excluding hydrogens is 396 g/mol. The normalized spacial score (nSPS) is 16.3. The van der Waals surface area contributed by atoms with Crippen LogP contribution in [0, 0.1) is 0 Å². The molecule has 0 N–H and O–H groups in total. The molecule has 1 aliphatic heterocycles. The van der Waals surface area contributed by atoms with E-state index in [-0.39, 0.29) is 11.8 Å². The van der Waals surface area contributed by atoms with Gasteiger partial charge in [-0.3, -0.25) is 9.78 Å². The van der Waals surface area contributed by atoms with Crippen molar-refractivity contribution in [1.82, 2.24) is 9.88 Å². The number of pyridine rings is 1. The van der Waals surface area contributed by atoms with Crippen LogP contribution in [0.4, 0.5) is 0 Å². The summed E-state index contributed by atoms with van der Waals surface area (Å²) in [5, 5.41) is 0.748. The van der Waals surface area contributed by atoms with Crippen LogP contribution >= 0.6 is 11.6 Å². The van der Waals surface area contributed by atoms with Gasteiger partial charge in [-0.15, -0.1) is 0 Å². The number of benzene rings is 2. The Kier molecular flexibility index (Phi) is 6.34. The molecule has 0 aliphatic carbocycles. The standard InChI is InChI=1S/C25H25ClN2O2/c1-30-23-6-2-4-20(15-23)25(29)28-13-3-5-21(17-28)24-12-9-19(16-27-24)14-18-7-10-22(26)11-8-18/h2,4,6-12,15-16,21H,3,5,13-14,17H2,1H3. The minimum atomic E-state index is 0.0537. The highest BCUT2D eigenvalue weighted by atomic mass is 35.5. The largest absolute Gasteiger partial charge is 0.497 e. The van der Waals surface area contributed by atoms with Crippen LogP contribution < -0.4 is 4.74 Å². The Morgan fingerprint density at radius 1 is 1.13 bits per heavy atom. The van der Waals surface area contributed by atoms with Crippen LogP contribution in [0.25, 0.3) is 0 Å². The van der Waals surface area contributed by atoms with Crippen molar-refractivity contribution in [3.05, 3.63) is 94.3 Å². The SMILES string of the molecule is COc1cccc(C(=O)N2CCCC(c3ccc(Cc4ccc(Cl)cc4)cn3)C2)c1. The molecule has 0 spiro atoms. The maximum Gasteiger partial charge on any atom is 0.254 e. The minimum Gasteiger partial charge on any atom is -0.497 e. The number of carbonyl (C=O) groups is 1. The summed E-state index contributed by atoms with van der Waals surface area (Å²) in [4.78, 5) is 19.6. The summed E-state index contributed by atoms with van der Waals surface area (Å²) in [5.74, 6) is 1.02. The third kappa shape index (κ3) is 4.82. The number of rotatable bonds is 5. The molecule has 30 heavy (non-hydrogen) atoms. The fourth-order valence-corrected chi connectivity index (χ4v) is 4.09. The van der Waals surface area contributed by atoms with Crippen molar-refractivity contribution in [1.29, 1.82) is 0 Å². The molecule has 2 aromatic carbocycles. The van der Waals surface area contributed by atoms with Gasteiger partial charge < -0.3 is 9.64 Å². The van der Waals surface area contributed by atoms with Crippen molar-refractivity contribution in [2.45, 2.75) is 25.2 Å². The Hall–Kier alpha value is -2.85. The maximum atomic E-state index is 13.0. The Labute approximate surface area is 182 Å². The van der Waals surface area contributed by atoms with Gasteiger partial charge in [-0.1, -0.05) is 35.9 Å². The molecule has 5 heteroatoms. The first-order valence-electron chi connectivity index (χ1n) is 10.2. The number of amides is 1. The second-order valence-corrected chi connectivity index (χ2v) is 8.15. The predicted molar refractivity (Wildman–Crippen MR) is 119 cm³/mol. The lowest BCUT2D eigenvalue weighted by atomic mass is 9.93. The molecule has 2 heterocycles. The first-order chi connectivity index (χ1) is 14.6. The number of hydrogen-bond donors (Lipinski definition) is 0. The van der Waals surface area contributed by atoms with Gasteiger partial charge in [-0.25, -0.2) is 0 Å². The van der Waals surface area contributed by atoms with Gasteiger partial charge in [0, 0.05) is 41.5 Å². The molecule has 4 rings (SSSR count). The minimum absolute atomic E-state index is 0.0537. The molecule has 1 unspecified atom stereocenters. The van der Waals surface area contributed by atoms with Gasteiger partial charge in [0.1, 0.15) is 5.75 Å². The fourth-order valence-electron chi connectivity index (χ4n) is 3.96. The average Bonchev–Trinajstić information content (AvgIpc) is 2.81. The van der Waals surface area contributed by atoms with E-state index in [1.54, 1.807) is 13.2 Å².